The maximum atomic E-state index is 5.79. The minimum absolute atomic E-state index is 0.496. The molecule has 3 nitrogen and oxygen atoms in total. The molecular formula is C20H27NO2. The molecule has 0 aliphatic rings. The molecule has 0 aromatic heterocycles. The van der Waals surface area contributed by atoms with Crippen molar-refractivity contribution in [1.29, 1.82) is 0 Å². The number of aryl methyl sites for hydroxylation is 1. The maximum absolute atomic E-state index is 5.79. The molecule has 23 heavy (non-hydrogen) atoms. The molecule has 0 bridgehead atoms. The molecule has 0 aliphatic carbocycles. The second-order valence-corrected chi connectivity index (χ2v) is 6.28. The Labute approximate surface area is 139 Å². The summed E-state index contributed by atoms with van der Waals surface area (Å²) in [5.41, 5.74) is 3.78. The predicted molar refractivity (Wildman–Crippen MR) is 95.0 cm³/mol. The van der Waals surface area contributed by atoms with Gasteiger partial charge in [0.15, 0.2) is 11.5 Å². The van der Waals surface area contributed by atoms with Crippen LogP contribution in [-0.4, -0.2) is 13.7 Å². The minimum atomic E-state index is 0.496. The summed E-state index contributed by atoms with van der Waals surface area (Å²) < 4.78 is 11.2. The molecular weight excluding hydrogens is 286 g/mol. The Morgan fingerprint density at radius 3 is 2.35 bits per heavy atom. The van der Waals surface area contributed by atoms with Crippen LogP contribution in [0.15, 0.2) is 42.5 Å². The Bertz CT molecular complexity index is 623. The number of hydrogen-bond donors (Lipinski definition) is 1. The van der Waals surface area contributed by atoms with Crippen molar-refractivity contribution in [3.05, 3.63) is 59.2 Å². The largest absolute Gasteiger partial charge is 0.493 e. The van der Waals surface area contributed by atoms with Gasteiger partial charge in [-0.25, -0.2) is 0 Å². The summed E-state index contributed by atoms with van der Waals surface area (Å²) in [6, 6.07) is 14.7. The van der Waals surface area contributed by atoms with E-state index in [0.29, 0.717) is 12.5 Å². The topological polar surface area (TPSA) is 30.5 Å². The van der Waals surface area contributed by atoms with Gasteiger partial charge in [0.05, 0.1) is 13.7 Å². The summed E-state index contributed by atoms with van der Waals surface area (Å²) >= 11 is 0. The van der Waals surface area contributed by atoms with E-state index in [1.807, 2.05) is 12.1 Å². The second kappa shape index (κ2) is 8.59. The van der Waals surface area contributed by atoms with Crippen LogP contribution in [0, 0.1) is 12.8 Å². The maximum Gasteiger partial charge on any atom is 0.161 e. The zero-order valence-electron chi connectivity index (χ0n) is 14.6. The summed E-state index contributed by atoms with van der Waals surface area (Å²) in [7, 11) is 1.68. The summed E-state index contributed by atoms with van der Waals surface area (Å²) in [6.45, 7) is 8.74. The van der Waals surface area contributed by atoms with Crippen LogP contribution in [0.1, 0.15) is 30.5 Å². The molecule has 0 radical (unpaired) electrons. The lowest BCUT2D eigenvalue weighted by Gasteiger charge is -2.14. The van der Waals surface area contributed by atoms with Crippen LogP contribution >= 0.6 is 0 Å². The van der Waals surface area contributed by atoms with Crippen LogP contribution in [-0.2, 0) is 13.1 Å². The molecule has 0 saturated carbocycles. The fraction of sp³-hybridized carbons (Fsp3) is 0.400. The van der Waals surface area contributed by atoms with Crippen molar-refractivity contribution in [2.75, 3.05) is 13.7 Å². The standard InChI is InChI=1S/C20H27NO2/c1-15(2)14-23-19-9-8-18(11-20(19)22-4)13-21-12-17-7-5-6-16(3)10-17/h5-11,15,21H,12-14H2,1-4H3. The highest BCUT2D eigenvalue weighted by Crippen LogP contribution is 2.28. The second-order valence-electron chi connectivity index (χ2n) is 6.28. The molecule has 2 aromatic carbocycles. The van der Waals surface area contributed by atoms with E-state index in [-0.39, 0.29) is 0 Å². The van der Waals surface area contributed by atoms with Crippen LogP contribution in [0.3, 0.4) is 0 Å². The average molecular weight is 313 g/mol. The van der Waals surface area contributed by atoms with E-state index < -0.39 is 0 Å². The van der Waals surface area contributed by atoms with Crippen molar-refractivity contribution in [3.63, 3.8) is 0 Å². The third-order valence-corrected chi connectivity index (χ3v) is 3.54. The van der Waals surface area contributed by atoms with E-state index in [9.17, 15) is 0 Å². The Hall–Kier alpha value is -2.00. The smallest absolute Gasteiger partial charge is 0.161 e. The van der Waals surface area contributed by atoms with E-state index in [2.05, 4.69) is 56.4 Å². The Morgan fingerprint density at radius 1 is 0.957 bits per heavy atom. The highest BCUT2D eigenvalue weighted by atomic mass is 16.5. The fourth-order valence-corrected chi connectivity index (χ4v) is 2.37. The van der Waals surface area contributed by atoms with E-state index in [1.54, 1.807) is 7.11 Å². The molecule has 0 unspecified atom stereocenters. The van der Waals surface area contributed by atoms with Crippen molar-refractivity contribution < 1.29 is 9.47 Å². The molecule has 0 saturated heterocycles. The lowest BCUT2D eigenvalue weighted by Crippen LogP contribution is -2.13. The lowest BCUT2D eigenvalue weighted by molar-refractivity contribution is 0.256. The normalized spacial score (nSPS) is 10.8. The highest BCUT2D eigenvalue weighted by molar-refractivity contribution is 5.43. The number of benzene rings is 2. The summed E-state index contributed by atoms with van der Waals surface area (Å²) in [6.07, 6.45) is 0. The lowest BCUT2D eigenvalue weighted by atomic mass is 10.1. The minimum Gasteiger partial charge on any atom is -0.493 e. The van der Waals surface area contributed by atoms with E-state index in [1.165, 1.54) is 16.7 Å². The molecule has 0 amide bonds. The predicted octanol–water partition coefficient (Wildman–Crippen LogP) is 4.33. The number of ether oxygens (including phenoxy) is 2. The number of hydrogen-bond acceptors (Lipinski definition) is 3. The zero-order chi connectivity index (χ0) is 16.7. The fourth-order valence-electron chi connectivity index (χ4n) is 2.37. The van der Waals surface area contributed by atoms with Crippen molar-refractivity contribution in [2.45, 2.75) is 33.9 Å². The van der Waals surface area contributed by atoms with Crippen LogP contribution in [0.2, 0.25) is 0 Å². The van der Waals surface area contributed by atoms with Gasteiger partial charge >= 0.3 is 0 Å². The highest BCUT2D eigenvalue weighted by Gasteiger charge is 2.07. The van der Waals surface area contributed by atoms with Crippen molar-refractivity contribution in [3.8, 4) is 11.5 Å². The first-order valence-electron chi connectivity index (χ1n) is 8.14. The third-order valence-electron chi connectivity index (χ3n) is 3.54. The summed E-state index contributed by atoms with van der Waals surface area (Å²) in [5, 5.41) is 3.47. The Morgan fingerprint density at radius 2 is 1.70 bits per heavy atom. The van der Waals surface area contributed by atoms with Crippen LogP contribution in [0.5, 0.6) is 11.5 Å². The Kier molecular flexibility index (Phi) is 6.48. The quantitative estimate of drug-likeness (QED) is 0.787. The van der Waals surface area contributed by atoms with E-state index >= 15 is 0 Å². The average Bonchev–Trinajstić information content (AvgIpc) is 2.53. The molecule has 1 N–H and O–H groups in total. The SMILES string of the molecule is COc1cc(CNCc2cccc(C)c2)ccc1OCC(C)C. The van der Waals surface area contributed by atoms with Gasteiger partial charge < -0.3 is 14.8 Å². The molecule has 124 valence electrons. The van der Waals surface area contributed by atoms with E-state index in [0.717, 1.165) is 24.6 Å². The van der Waals surface area contributed by atoms with Crippen molar-refractivity contribution in [2.24, 2.45) is 5.92 Å². The molecule has 0 heterocycles. The molecule has 0 atom stereocenters. The molecule has 2 aromatic rings. The van der Waals surface area contributed by atoms with Gasteiger partial charge in [0.1, 0.15) is 0 Å². The molecule has 0 aliphatic heterocycles. The van der Waals surface area contributed by atoms with Gasteiger partial charge in [0.2, 0.25) is 0 Å². The van der Waals surface area contributed by atoms with Gasteiger partial charge in [-0.1, -0.05) is 49.7 Å². The van der Waals surface area contributed by atoms with Gasteiger partial charge in [-0.2, -0.15) is 0 Å². The molecule has 3 heteroatoms. The van der Waals surface area contributed by atoms with Gasteiger partial charge in [0.25, 0.3) is 0 Å². The third kappa shape index (κ3) is 5.61. The van der Waals surface area contributed by atoms with Crippen LogP contribution < -0.4 is 14.8 Å². The first kappa shape index (κ1) is 17.4. The Balaban J connectivity index is 1.92. The summed E-state index contributed by atoms with van der Waals surface area (Å²) in [4.78, 5) is 0. The molecule has 2 rings (SSSR count). The summed E-state index contributed by atoms with van der Waals surface area (Å²) in [5.74, 6) is 2.10. The number of methoxy groups -OCH3 is 1. The van der Waals surface area contributed by atoms with Gasteiger partial charge in [0, 0.05) is 13.1 Å². The number of rotatable bonds is 8. The van der Waals surface area contributed by atoms with Crippen LogP contribution in [0.25, 0.3) is 0 Å². The molecule has 0 spiro atoms. The van der Waals surface area contributed by atoms with Gasteiger partial charge in [-0.15, -0.1) is 0 Å². The monoisotopic (exact) mass is 313 g/mol. The molecule has 0 fully saturated rings. The van der Waals surface area contributed by atoms with Crippen molar-refractivity contribution in [1.82, 2.24) is 5.32 Å². The first-order valence-corrected chi connectivity index (χ1v) is 8.14. The van der Waals surface area contributed by atoms with Crippen LogP contribution in [0.4, 0.5) is 0 Å². The first-order chi connectivity index (χ1) is 11.1. The zero-order valence-corrected chi connectivity index (χ0v) is 14.6. The van der Waals surface area contributed by atoms with Gasteiger partial charge in [-0.3, -0.25) is 0 Å². The van der Waals surface area contributed by atoms with E-state index in [4.69, 9.17) is 9.47 Å². The number of nitrogens with one attached hydrogen (secondary N) is 1. The van der Waals surface area contributed by atoms with Crippen molar-refractivity contribution >= 4 is 0 Å². The van der Waals surface area contributed by atoms with Gasteiger partial charge in [-0.05, 0) is 36.1 Å².